The quantitative estimate of drug-likeness (QED) is 0.722. The van der Waals surface area contributed by atoms with Gasteiger partial charge in [0, 0.05) is 30.6 Å². The summed E-state index contributed by atoms with van der Waals surface area (Å²) in [6, 6.07) is 15.6. The molecule has 1 aliphatic rings. The molecule has 4 rings (SSSR count). The molecule has 1 saturated heterocycles. The lowest BCUT2D eigenvalue weighted by Crippen LogP contribution is -2.31. The van der Waals surface area contributed by atoms with Gasteiger partial charge in [-0.15, -0.1) is 0 Å². The number of hydrogen-bond acceptors (Lipinski definition) is 3. The van der Waals surface area contributed by atoms with Crippen LogP contribution >= 0.6 is 0 Å². The molecular formula is C22H20F3N3O. The van der Waals surface area contributed by atoms with E-state index in [-0.39, 0.29) is 22.7 Å². The molecule has 0 aliphatic carbocycles. The number of para-hydroxylation sites is 1. The molecule has 1 amide bonds. The molecule has 2 N–H and O–H groups in total. The van der Waals surface area contributed by atoms with Gasteiger partial charge in [0.2, 0.25) is 0 Å². The molecule has 0 bridgehead atoms. The maximum atomic E-state index is 13.9. The van der Waals surface area contributed by atoms with E-state index in [1.165, 1.54) is 23.1 Å². The first kappa shape index (κ1) is 19.4. The van der Waals surface area contributed by atoms with Crippen molar-refractivity contribution in [2.45, 2.75) is 12.1 Å². The Kier molecular flexibility index (Phi) is 5.00. The van der Waals surface area contributed by atoms with Crippen molar-refractivity contribution >= 4 is 16.8 Å². The van der Waals surface area contributed by atoms with Gasteiger partial charge in [0.05, 0.1) is 16.6 Å². The van der Waals surface area contributed by atoms with Crippen molar-refractivity contribution in [3.63, 3.8) is 0 Å². The average Bonchev–Trinajstić information content (AvgIpc) is 3.16. The number of benzene rings is 2. The third-order valence-corrected chi connectivity index (χ3v) is 5.55. The molecule has 1 aliphatic heterocycles. The van der Waals surface area contributed by atoms with Gasteiger partial charge in [-0.05, 0) is 24.1 Å². The second kappa shape index (κ2) is 7.48. The Morgan fingerprint density at radius 3 is 2.45 bits per heavy atom. The molecule has 4 nitrogen and oxygen atoms in total. The first-order valence-electron chi connectivity index (χ1n) is 9.39. The minimum Gasteiger partial charge on any atom is -0.338 e. The zero-order valence-corrected chi connectivity index (χ0v) is 15.6. The molecule has 2 aromatic carbocycles. The number of fused-ring (bicyclic) bond motifs is 1. The molecule has 2 atom stereocenters. The standard InChI is InChI=1S/C22H20F3N3O/c23-22(24,25)20-16-8-4-5-9-19(16)27-11-17(20)21(29)28-12-15(10-26)18(13-28)14-6-2-1-3-7-14/h1-9,11,15,18H,10,12-13,26H2/t15-,18+/m1/s1. The van der Waals surface area contributed by atoms with Crippen molar-refractivity contribution in [1.82, 2.24) is 9.88 Å². The van der Waals surface area contributed by atoms with Crippen LogP contribution in [0.4, 0.5) is 13.2 Å². The highest BCUT2D eigenvalue weighted by atomic mass is 19.4. The second-order valence-electron chi connectivity index (χ2n) is 7.28. The van der Waals surface area contributed by atoms with E-state index in [1.54, 1.807) is 6.07 Å². The zero-order chi connectivity index (χ0) is 20.6. The average molecular weight is 399 g/mol. The first-order chi connectivity index (χ1) is 13.9. The number of halogens is 3. The van der Waals surface area contributed by atoms with E-state index in [2.05, 4.69) is 4.98 Å². The number of aromatic nitrogens is 1. The number of likely N-dealkylation sites (tertiary alicyclic amines) is 1. The maximum absolute atomic E-state index is 13.9. The molecule has 0 unspecified atom stereocenters. The van der Waals surface area contributed by atoms with E-state index in [1.807, 2.05) is 30.3 Å². The molecule has 150 valence electrons. The van der Waals surface area contributed by atoms with E-state index in [4.69, 9.17) is 5.73 Å². The van der Waals surface area contributed by atoms with Crippen molar-refractivity contribution in [3.8, 4) is 0 Å². The maximum Gasteiger partial charge on any atom is 0.417 e. The Morgan fingerprint density at radius 1 is 1.07 bits per heavy atom. The Balaban J connectivity index is 1.73. The monoisotopic (exact) mass is 399 g/mol. The smallest absolute Gasteiger partial charge is 0.338 e. The molecule has 1 aromatic heterocycles. The largest absolute Gasteiger partial charge is 0.417 e. The van der Waals surface area contributed by atoms with Crippen molar-refractivity contribution in [2.75, 3.05) is 19.6 Å². The number of carbonyl (C=O) groups excluding carboxylic acids is 1. The highest BCUT2D eigenvalue weighted by Crippen LogP contribution is 2.39. The minimum absolute atomic E-state index is 0.00657. The lowest BCUT2D eigenvalue weighted by molar-refractivity contribution is -0.136. The molecule has 1 fully saturated rings. The van der Waals surface area contributed by atoms with Crippen molar-refractivity contribution in [1.29, 1.82) is 0 Å². The summed E-state index contributed by atoms with van der Waals surface area (Å²) in [5.41, 5.74) is 5.80. The number of hydrogen-bond donors (Lipinski definition) is 1. The second-order valence-corrected chi connectivity index (χ2v) is 7.28. The predicted octanol–water partition coefficient (Wildman–Crippen LogP) is 4.07. The normalized spacial score (nSPS) is 19.7. The number of nitrogens with two attached hydrogens (primary N) is 1. The van der Waals surface area contributed by atoms with Gasteiger partial charge in [-0.25, -0.2) is 0 Å². The number of pyridine rings is 1. The van der Waals surface area contributed by atoms with Gasteiger partial charge < -0.3 is 10.6 Å². The van der Waals surface area contributed by atoms with Crippen LogP contribution in [0.2, 0.25) is 0 Å². The van der Waals surface area contributed by atoms with Crippen LogP contribution in [0.25, 0.3) is 10.9 Å². The predicted molar refractivity (Wildman–Crippen MR) is 104 cm³/mol. The Hall–Kier alpha value is -2.93. The molecule has 0 spiro atoms. The minimum atomic E-state index is -4.67. The van der Waals surface area contributed by atoms with Crippen LogP contribution in [-0.2, 0) is 6.18 Å². The van der Waals surface area contributed by atoms with E-state index >= 15 is 0 Å². The van der Waals surface area contributed by atoms with Gasteiger partial charge in [0.1, 0.15) is 0 Å². The summed E-state index contributed by atoms with van der Waals surface area (Å²) in [7, 11) is 0. The van der Waals surface area contributed by atoms with E-state index in [9.17, 15) is 18.0 Å². The van der Waals surface area contributed by atoms with Crippen LogP contribution < -0.4 is 5.73 Å². The van der Waals surface area contributed by atoms with E-state index in [0.29, 0.717) is 19.6 Å². The van der Waals surface area contributed by atoms with Crippen LogP contribution in [0, 0.1) is 5.92 Å². The molecule has 2 heterocycles. The van der Waals surface area contributed by atoms with Crippen LogP contribution in [-0.4, -0.2) is 35.4 Å². The molecule has 3 aromatic rings. The Bertz CT molecular complexity index is 1040. The number of amides is 1. The van der Waals surface area contributed by atoms with Crippen LogP contribution in [0.1, 0.15) is 27.4 Å². The molecule has 0 radical (unpaired) electrons. The fourth-order valence-electron chi connectivity index (χ4n) is 4.13. The third-order valence-electron chi connectivity index (χ3n) is 5.55. The van der Waals surface area contributed by atoms with Gasteiger partial charge in [0.15, 0.2) is 0 Å². The molecule has 29 heavy (non-hydrogen) atoms. The highest BCUT2D eigenvalue weighted by Gasteiger charge is 2.41. The highest BCUT2D eigenvalue weighted by molar-refractivity contribution is 6.00. The van der Waals surface area contributed by atoms with Gasteiger partial charge in [-0.3, -0.25) is 9.78 Å². The summed E-state index contributed by atoms with van der Waals surface area (Å²) in [5.74, 6) is -0.676. The zero-order valence-electron chi connectivity index (χ0n) is 15.6. The van der Waals surface area contributed by atoms with Gasteiger partial charge in [-0.1, -0.05) is 48.5 Å². The Morgan fingerprint density at radius 2 is 1.76 bits per heavy atom. The first-order valence-corrected chi connectivity index (χ1v) is 9.39. The van der Waals surface area contributed by atoms with Gasteiger partial charge in [0.25, 0.3) is 5.91 Å². The topological polar surface area (TPSA) is 59.2 Å². The summed E-state index contributed by atoms with van der Waals surface area (Å²) in [6.07, 6.45) is -3.62. The third kappa shape index (κ3) is 3.58. The lowest BCUT2D eigenvalue weighted by Gasteiger charge is -2.20. The van der Waals surface area contributed by atoms with Crippen molar-refractivity contribution in [2.24, 2.45) is 11.7 Å². The van der Waals surface area contributed by atoms with Gasteiger partial charge in [-0.2, -0.15) is 13.2 Å². The van der Waals surface area contributed by atoms with Crippen LogP contribution in [0.5, 0.6) is 0 Å². The Labute approximate surface area is 166 Å². The number of carbonyl (C=O) groups is 1. The van der Waals surface area contributed by atoms with Crippen molar-refractivity contribution in [3.05, 3.63) is 77.5 Å². The summed E-state index contributed by atoms with van der Waals surface area (Å²) < 4.78 is 41.7. The summed E-state index contributed by atoms with van der Waals surface area (Å²) in [4.78, 5) is 18.7. The number of rotatable bonds is 3. The summed E-state index contributed by atoms with van der Waals surface area (Å²) in [6.45, 7) is 0.999. The summed E-state index contributed by atoms with van der Waals surface area (Å²) in [5, 5.41) is -0.0694. The van der Waals surface area contributed by atoms with E-state index in [0.717, 1.165) is 11.8 Å². The van der Waals surface area contributed by atoms with Gasteiger partial charge >= 0.3 is 6.18 Å². The van der Waals surface area contributed by atoms with Crippen LogP contribution in [0.15, 0.2) is 60.8 Å². The number of alkyl halides is 3. The van der Waals surface area contributed by atoms with E-state index < -0.39 is 23.2 Å². The lowest BCUT2D eigenvalue weighted by atomic mass is 9.89. The molecular weight excluding hydrogens is 379 g/mol. The SMILES string of the molecule is NC[C@@H]1CN(C(=O)c2cnc3ccccc3c2C(F)(F)F)C[C@H]1c1ccccc1. The van der Waals surface area contributed by atoms with Crippen LogP contribution in [0.3, 0.4) is 0 Å². The fourth-order valence-corrected chi connectivity index (χ4v) is 4.13. The molecule has 0 saturated carbocycles. The van der Waals surface area contributed by atoms with Crippen molar-refractivity contribution < 1.29 is 18.0 Å². The number of nitrogens with zero attached hydrogens (tertiary/aromatic N) is 2. The fraction of sp³-hybridized carbons (Fsp3) is 0.273. The molecule has 7 heteroatoms. The summed E-state index contributed by atoms with van der Waals surface area (Å²) >= 11 is 0.